The van der Waals surface area contributed by atoms with Crippen LogP contribution in [-0.4, -0.2) is 29.3 Å². The van der Waals surface area contributed by atoms with Gasteiger partial charge in [0.25, 0.3) is 0 Å². The molecule has 1 aromatic heterocycles. The van der Waals surface area contributed by atoms with E-state index in [-0.39, 0.29) is 0 Å². The smallest absolute Gasteiger partial charge is 0.203 e. The Bertz CT molecular complexity index is 384. The summed E-state index contributed by atoms with van der Waals surface area (Å²) in [6.45, 7) is 8.37. The number of aryl methyl sites for hydroxylation is 2. The molecule has 0 bridgehead atoms. The van der Waals surface area contributed by atoms with Crippen LogP contribution in [0.15, 0.2) is 6.20 Å². The fraction of sp³-hybridized carbons (Fsp3) is 0.769. The zero-order chi connectivity index (χ0) is 12.5. The molecule has 1 aliphatic rings. The molecule has 2 rings (SSSR count). The highest BCUT2D eigenvalue weighted by atomic mass is 16.5. The van der Waals surface area contributed by atoms with Gasteiger partial charge in [0, 0.05) is 32.5 Å². The number of nitrogens with one attached hydrogen (secondary N) is 1. The Labute approximate surface area is 103 Å². The minimum atomic E-state index is 0.428. The number of rotatable bonds is 6. The van der Waals surface area contributed by atoms with Gasteiger partial charge in [0.2, 0.25) is 5.95 Å². The second-order valence-corrected chi connectivity index (χ2v) is 5.64. The van der Waals surface area contributed by atoms with E-state index >= 15 is 0 Å². The van der Waals surface area contributed by atoms with Gasteiger partial charge in [-0.15, -0.1) is 0 Å². The van der Waals surface area contributed by atoms with Crippen molar-refractivity contribution in [2.24, 2.45) is 5.41 Å². The largest absolute Gasteiger partial charge is 0.385 e. The Hall–Kier alpha value is -1.03. The maximum atomic E-state index is 5.08. The fourth-order valence-electron chi connectivity index (χ4n) is 2.08. The molecule has 1 unspecified atom stereocenters. The second kappa shape index (κ2) is 4.69. The predicted octanol–water partition coefficient (Wildman–Crippen LogP) is 2.44. The van der Waals surface area contributed by atoms with Crippen LogP contribution in [0.2, 0.25) is 0 Å². The standard InChI is InChI=1S/C13H23N3O/c1-10-9-16(6-5-7-17-4)12(14-10)15-11-8-13(11,2)3/h9,11H,5-8H2,1-4H3,(H,14,15). The topological polar surface area (TPSA) is 39.1 Å². The summed E-state index contributed by atoms with van der Waals surface area (Å²) in [5.74, 6) is 1.01. The number of ether oxygens (including phenoxy) is 1. The van der Waals surface area contributed by atoms with Crippen molar-refractivity contribution in [2.45, 2.75) is 46.2 Å². The van der Waals surface area contributed by atoms with Gasteiger partial charge in [-0.3, -0.25) is 0 Å². The van der Waals surface area contributed by atoms with E-state index in [1.807, 2.05) is 6.92 Å². The predicted molar refractivity (Wildman–Crippen MR) is 69.3 cm³/mol. The molecule has 1 saturated carbocycles. The summed E-state index contributed by atoms with van der Waals surface area (Å²) in [6, 6.07) is 0.575. The molecule has 96 valence electrons. The molecule has 0 saturated heterocycles. The third-order valence-electron chi connectivity index (χ3n) is 3.46. The zero-order valence-corrected chi connectivity index (χ0v) is 11.3. The maximum absolute atomic E-state index is 5.08. The van der Waals surface area contributed by atoms with E-state index in [4.69, 9.17) is 4.74 Å². The monoisotopic (exact) mass is 237 g/mol. The number of hydrogen-bond acceptors (Lipinski definition) is 3. The Morgan fingerprint density at radius 1 is 1.59 bits per heavy atom. The molecule has 0 radical (unpaired) electrons. The van der Waals surface area contributed by atoms with Gasteiger partial charge < -0.3 is 14.6 Å². The van der Waals surface area contributed by atoms with E-state index in [9.17, 15) is 0 Å². The van der Waals surface area contributed by atoms with Crippen molar-refractivity contribution in [2.75, 3.05) is 19.0 Å². The fourth-order valence-corrected chi connectivity index (χ4v) is 2.08. The van der Waals surface area contributed by atoms with Crippen LogP contribution >= 0.6 is 0 Å². The van der Waals surface area contributed by atoms with E-state index in [2.05, 4.69) is 34.9 Å². The molecule has 1 aliphatic carbocycles. The zero-order valence-electron chi connectivity index (χ0n) is 11.3. The lowest BCUT2D eigenvalue weighted by Crippen LogP contribution is -2.13. The molecule has 0 aliphatic heterocycles. The summed E-state index contributed by atoms with van der Waals surface area (Å²) >= 11 is 0. The van der Waals surface area contributed by atoms with Gasteiger partial charge >= 0.3 is 0 Å². The van der Waals surface area contributed by atoms with E-state index in [1.54, 1.807) is 7.11 Å². The van der Waals surface area contributed by atoms with E-state index in [1.165, 1.54) is 6.42 Å². The lowest BCUT2D eigenvalue weighted by atomic mass is 10.2. The first kappa shape index (κ1) is 12.4. The van der Waals surface area contributed by atoms with Crippen molar-refractivity contribution >= 4 is 5.95 Å². The average molecular weight is 237 g/mol. The minimum Gasteiger partial charge on any atom is -0.385 e. The quantitative estimate of drug-likeness (QED) is 0.772. The van der Waals surface area contributed by atoms with Crippen LogP contribution in [0, 0.1) is 12.3 Å². The van der Waals surface area contributed by atoms with E-state index < -0.39 is 0 Å². The van der Waals surface area contributed by atoms with Gasteiger partial charge in [-0.1, -0.05) is 13.8 Å². The Morgan fingerprint density at radius 2 is 2.29 bits per heavy atom. The van der Waals surface area contributed by atoms with Gasteiger partial charge in [-0.25, -0.2) is 4.98 Å². The summed E-state index contributed by atoms with van der Waals surface area (Å²) in [5, 5.41) is 3.53. The van der Waals surface area contributed by atoms with Crippen LogP contribution in [-0.2, 0) is 11.3 Å². The van der Waals surface area contributed by atoms with Crippen LogP contribution < -0.4 is 5.32 Å². The summed E-state index contributed by atoms with van der Waals surface area (Å²) in [4.78, 5) is 4.55. The van der Waals surface area contributed by atoms with Crippen LogP contribution in [0.25, 0.3) is 0 Å². The molecule has 0 spiro atoms. The Morgan fingerprint density at radius 3 is 2.88 bits per heavy atom. The third-order valence-corrected chi connectivity index (χ3v) is 3.46. The lowest BCUT2D eigenvalue weighted by Gasteiger charge is -2.10. The van der Waals surface area contributed by atoms with Gasteiger partial charge in [0.05, 0.1) is 5.69 Å². The first-order valence-corrected chi connectivity index (χ1v) is 6.32. The van der Waals surface area contributed by atoms with Crippen LogP contribution in [0.3, 0.4) is 0 Å². The molecule has 1 atom stereocenters. The number of imidazole rings is 1. The highest BCUT2D eigenvalue weighted by molar-refractivity contribution is 5.34. The number of nitrogens with zero attached hydrogens (tertiary/aromatic N) is 2. The summed E-state index contributed by atoms with van der Waals surface area (Å²) in [6.07, 6.45) is 4.36. The highest BCUT2D eigenvalue weighted by Gasteiger charge is 2.46. The molecule has 0 aromatic carbocycles. The molecule has 4 heteroatoms. The van der Waals surface area contributed by atoms with Crippen LogP contribution in [0.1, 0.15) is 32.4 Å². The van der Waals surface area contributed by atoms with Crippen molar-refractivity contribution in [1.82, 2.24) is 9.55 Å². The first-order chi connectivity index (χ1) is 8.03. The molecular formula is C13H23N3O. The van der Waals surface area contributed by atoms with Gasteiger partial charge in [-0.05, 0) is 25.2 Å². The Balaban J connectivity index is 1.96. The van der Waals surface area contributed by atoms with Gasteiger partial charge in [0.1, 0.15) is 0 Å². The number of anilines is 1. The molecule has 4 nitrogen and oxygen atoms in total. The van der Waals surface area contributed by atoms with Crippen LogP contribution in [0.5, 0.6) is 0 Å². The lowest BCUT2D eigenvalue weighted by molar-refractivity contribution is 0.190. The van der Waals surface area contributed by atoms with Gasteiger partial charge in [-0.2, -0.15) is 0 Å². The summed E-state index contributed by atoms with van der Waals surface area (Å²) in [5.41, 5.74) is 1.50. The molecule has 1 heterocycles. The van der Waals surface area contributed by atoms with Gasteiger partial charge in [0.15, 0.2) is 0 Å². The Kier molecular flexibility index (Phi) is 3.43. The van der Waals surface area contributed by atoms with E-state index in [0.717, 1.165) is 31.2 Å². The SMILES string of the molecule is COCCCn1cc(C)nc1NC1CC1(C)C. The van der Waals surface area contributed by atoms with Crippen molar-refractivity contribution in [1.29, 1.82) is 0 Å². The molecule has 1 fully saturated rings. The normalized spacial score (nSPS) is 21.5. The highest BCUT2D eigenvalue weighted by Crippen LogP contribution is 2.46. The van der Waals surface area contributed by atoms with Crippen molar-refractivity contribution in [3.8, 4) is 0 Å². The molecule has 17 heavy (non-hydrogen) atoms. The minimum absolute atomic E-state index is 0.428. The molecule has 0 amide bonds. The maximum Gasteiger partial charge on any atom is 0.203 e. The van der Waals surface area contributed by atoms with Crippen molar-refractivity contribution < 1.29 is 4.74 Å². The summed E-state index contributed by atoms with van der Waals surface area (Å²) in [7, 11) is 1.74. The molecular weight excluding hydrogens is 214 g/mol. The van der Waals surface area contributed by atoms with Crippen molar-refractivity contribution in [3.05, 3.63) is 11.9 Å². The second-order valence-electron chi connectivity index (χ2n) is 5.64. The van der Waals surface area contributed by atoms with Crippen molar-refractivity contribution in [3.63, 3.8) is 0 Å². The molecule has 1 aromatic rings. The van der Waals surface area contributed by atoms with Crippen LogP contribution in [0.4, 0.5) is 5.95 Å². The number of aromatic nitrogens is 2. The first-order valence-electron chi connectivity index (χ1n) is 6.32. The third kappa shape index (κ3) is 3.00. The molecule has 1 N–H and O–H groups in total. The number of hydrogen-bond donors (Lipinski definition) is 1. The average Bonchev–Trinajstić information content (AvgIpc) is 2.67. The number of methoxy groups -OCH3 is 1. The van der Waals surface area contributed by atoms with E-state index in [0.29, 0.717) is 11.5 Å². The summed E-state index contributed by atoms with van der Waals surface area (Å²) < 4.78 is 7.28.